The van der Waals surface area contributed by atoms with Crippen molar-refractivity contribution in [2.75, 3.05) is 10.6 Å². The first-order valence-electron chi connectivity index (χ1n) is 11.3. The quantitative estimate of drug-likeness (QED) is 0.279. The fourth-order valence-corrected chi connectivity index (χ4v) is 4.62. The van der Waals surface area contributed by atoms with Gasteiger partial charge in [0.05, 0.1) is 5.57 Å². The number of allylic oxidation sites excluding steroid dienone is 1. The van der Waals surface area contributed by atoms with Gasteiger partial charge in [-0.15, -0.1) is 0 Å². The Morgan fingerprint density at radius 2 is 1.86 bits per heavy atom. The largest absolute Gasteiger partial charge is 0.489 e. The molecule has 3 aromatic carbocycles. The maximum absolute atomic E-state index is 13.7. The Hall–Kier alpha value is -3.62. The van der Waals surface area contributed by atoms with Crippen molar-refractivity contribution in [3.05, 3.63) is 111 Å². The van der Waals surface area contributed by atoms with Gasteiger partial charge in [0.15, 0.2) is 0 Å². The molecule has 4 aromatic rings. The van der Waals surface area contributed by atoms with E-state index in [0.29, 0.717) is 40.3 Å². The van der Waals surface area contributed by atoms with Crippen molar-refractivity contribution >= 4 is 45.1 Å². The van der Waals surface area contributed by atoms with Gasteiger partial charge in [-0.05, 0) is 61.9 Å². The third-order valence-corrected chi connectivity index (χ3v) is 6.67. The van der Waals surface area contributed by atoms with Gasteiger partial charge in [0, 0.05) is 26.4 Å². The summed E-state index contributed by atoms with van der Waals surface area (Å²) in [6.07, 6.45) is 1.47. The zero-order valence-electron chi connectivity index (χ0n) is 19.6. The molecule has 0 spiro atoms. The number of amides is 1. The highest BCUT2D eigenvalue weighted by Crippen LogP contribution is 2.40. The number of nitrogens with zero attached hydrogens (tertiary/aromatic N) is 3. The molecular formula is C27H23BrClN5O2. The van der Waals surface area contributed by atoms with E-state index in [-0.39, 0.29) is 5.91 Å². The lowest BCUT2D eigenvalue weighted by Gasteiger charge is -2.30. The van der Waals surface area contributed by atoms with Gasteiger partial charge in [0.25, 0.3) is 5.91 Å². The van der Waals surface area contributed by atoms with E-state index < -0.39 is 6.04 Å². The summed E-state index contributed by atoms with van der Waals surface area (Å²) in [5.74, 6) is 0.946. The van der Waals surface area contributed by atoms with E-state index >= 15 is 0 Å². The third kappa shape index (κ3) is 5.01. The summed E-state index contributed by atoms with van der Waals surface area (Å²) in [5, 5.41) is 11.3. The lowest BCUT2D eigenvalue weighted by atomic mass is 9.94. The van der Waals surface area contributed by atoms with Crippen LogP contribution in [0.2, 0.25) is 5.02 Å². The van der Waals surface area contributed by atoms with Gasteiger partial charge in [-0.25, -0.2) is 4.68 Å². The summed E-state index contributed by atoms with van der Waals surface area (Å²) in [6, 6.07) is 20.4. The predicted octanol–water partition coefficient (Wildman–Crippen LogP) is 6.51. The number of carbonyl (C=O) groups excluding carboxylic acids is 1. The molecule has 7 nitrogen and oxygen atoms in total. The summed E-state index contributed by atoms with van der Waals surface area (Å²) in [7, 11) is 0. The molecule has 182 valence electrons. The van der Waals surface area contributed by atoms with Crippen molar-refractivity contribution in [3.8, 4) is 5.75 Å². The van der Waals surface area contributed by atoms with Gasteiger partial charge in [0.1, 0.15) is 24.7 Å². The van der Waals surface area contributed by atoms with Crippen LogP contribution in [0.4, 0.5) is 11.6 Å². The number of aromatic nitrogens is 3. The molecule has 0 saturated heterocycles. The average Bonchev–Trinajstić information content (AvgIpc) is 3.33. The molecule has 1 amide bonds. The van der Waals surface area contributed by atoms with Crippen LogP contribution >= 0.6 is 27.5 Å². The first kappa shape index (κ1) is 24.1. The van der Waals surface area contributed by atoms with Crippen molar-refractivity contribution < 1.29 is 9.53 Å². The van der Waals surface area contributed by atoms with E-state index in [1.54, 1.807) is 4.68 Å². The number of hydrogen-bond donors (Lipinski definition) is 2. The third-order valence-electron chi connectivity index (χ3n) is 5.92. The van der Waals surface area contributed by atoms with Crippen LogP contribution in [0.5, 0.6) is 5.75 Å². The fraction of sp³-hybridized carbons (Fsp3) is 0.148. The van der Waals surface area contributed by atoms with Crippen molar-refractivity contribution in [1.29, 1.82) is 0 Å². The van der Waals surface area contributed by atoms with Crippen molar-refractivity contribution in [2.24, 2.45) is 0 Å². The molecule has 9 heteroatoms. The SMILES string of the molecule is CC1=C(C(=O)Nc2ccc(C)cc2)C(c2cc(Br)ccc2OCc2ccc(Cl)cc2)n2ncnc2N1. The van der Waals surface area contributed by atoms with Crippen LogP contribution in [0.1, 0.15) is 29.7 Å². The maximum Gasteiger partial charge on any atom is 0.255 e. The molecular weight excluding hydrogens is 542 g/mol. The summed E-state index contributed by atoms with van der Waals surface area (Å²) in [4.78, 5) is 18.0. The highest BCUT2D eigenvalue weighted by atomic mass is 79.9. The van der Waals surface area contributed by atoms with Gasteiger partial charge in [-0.3, -0.25) is 4.79 Å². The van der Waals surface area contributed by atoms with Crippen molar-refractivity contribution in [1.82, 2.24) is 14.8 Å². The standard InChI is InChI=1S/C27H23BrClN5O2/c1-16-3-10-21(11-4-16)33-26(35)24-17(2)32-27-30-15-31-34(27)25(24)22-13-19(28)7-12-23(22)36-14-18-5-8-20(29)9-6-18/h3-13,15,25H,14H2,1-2H3,(H,33,35)(H,30,31,32). The number of ether oxygens (including phenoxy) is 1. The van der Waals surface area contributed by atoms with E-state index in [4.69, 9.17) is 16.3 Å². The predicted molar refractivity (Wildman–Crippen MR) is 144 cm³/mol. The van der Waals surface area contributed by atoms with E-state index in [9.17, 15) is 4.79 Å². The zero-order valence-corrected chi connectivity index (χ0v) is 22.0. The number of halogens is 2. The van der Waals surface area contributed by atoms with E-state index in [1.807, 2.05) is 80.6 Å². The Labute approximate surface area is 222 Å². The minimum absolute atomic E-state index is 0.237. The van der Waals surface area contributed by atoms with Gasteiger partial charge >= 0.3 is 0 Å². The molecule has 1 aliphatic heterocycles. The van der Waals surface area contributed by atoms with Gasteiger partial charge in [-0.2, -0.15) is 10.1 Å². The fourth-order valence-electron chi connectivity index (χ4n) is 4.11. The summed E-state index contributed by atoms with van der Waals surface area (Å²) in [6.45, 7) is 4.21. The molecule has 1 aromatic heterocycles. The topological polar surface area (TPSA) is 81.1 Å². The maximum atomic E-state index is 13.7. The molecule has 36 heavy (non-hydrogen) atoms. The second kappa shape index (κ2) is 10.2. The highest BCUT2D eigenvalue weighted by molar-refractivity contribution is 9.10. The number of nitrogens with one attached hydrogen (secondary N) is 2. The molecule has 1 unspecified atom stereocenters. The lowest BCUT2D eigenvalue weighted by molar-refractivity contribution is -0.113. The normalized spacial score (nSPS) is 14.7. The molecule has 1 atom stereocenters. The van der Waals surface area contributed by atoms with Crippen LogP contribution in [-0.4, -0.2) is 20.7 Å². The van der Waals surface area contributed by atoms with Gasteiger partial charge in [0.2, 0.25) is 5.95 Å². The molecule has 2 N–H and O–H groups in total. The van der Waals surface area contributed by atoms with Crippen LogP contribution < -0.4 is 15.4 Å². The second-order valence-electron chi connectivity index (χ2n) is 8.51. The molecule has 1 aliphatic rings. The first-order valence-corrected chi connectivity index (χ1v) is 12.5. The minimum Gasteiger partial charge on any atom is -0.489 e. The zero-order chi connectivity index (χ0) is 25.2. The number of rotatable bonds is 6. The van der Waals surface area contributed by atoms with E-state index in [2.05, 4.69) is 36.6 Å². The Bertz CT molecular complexity index is 1450. The molecule has 0 saturated carbocycles. The number of fused-ring (bicyclic) bond motifs is 1. The van der Waals surface area contributed by atoms with Crippen molar-refractivity contribution in [3.63, 3.8) is 0 Å². The molecule has 0 fully saturated rings. The Morgan fingerprint density at radius 1 is 1.11 bits per heavy atom. The summed E-state index contributed by atoms with van der Waals surface area (Å²) >= 11 is 9.61. The molecule has 2 heterocycles. The van der Waals surface area contributed by atoms with Gasteiger partial charge < -0.3 is 15.4 Å². The van der Waals surface area contributed by atoms with E-state index in [0.717, 1.165) is 21.2 Å². The van der Waals surface area contributed by atoms with Crippen LogP contribution in [-0.2, 0) is 11.4 Å². The number of benzene rings is 3. The molecule has 0 radical (unpaired) electrons. The number of hydrogen-bond acceptors (Lipinski definition) is 5. The second-order valence-corrected chi connectivity index (χ2v) is 9.86. The van der Waals surface area contributed by atoms with Crippen LogP contribution in [0, 0.1) is 6.92 Å². The number of carbonyl (C=O) groups is 1. The number of aryl methyl sites for hydroxylation is 1. The van der Waals surface area contributed by atoms with Crippen molar-refractivity contribution in [2.45, 2.75) is 26.5 Å². The van der Waals surface area contributed by atoms with Gasteiger partial charge in [-0.1, -0.05) is 57.4 Å². The summed E-state index contributed by atoms with van der Waals surface area (Å²) in [5.41, 5.74) is 4.79. The minimum atomic E-state index is -0.563. The Balaban J connectivity index is 1.53. The van der Waals surface area contributed by atoms with Crippen LogP contribution in [0.25, 0.3) is 0 Å². The number of anilines is 2. The monoisotopic (exact) mass is 563 g/mol. The van der Waals surface area contributed by atoms with Crippen LogP contribution in [0.3, 0.4) is 0 Å². The molecule has 0 bridgehead atoms. The Morgan fingerprint density at radius 3 is 2.61 bits per heavy atom. The lowest BCUT2D eigenvalue weighted by Crippen LogP contribution is -2.31. The average molecular weight is 565 g/mol. The smallest absolute Gasteiger partial charge is 0.255 e. The van der Waals surface area contributed by atoms with Crippen LogP contribution in [0.15, 0.2) is 88.8 Å². The molecule has 5 rings (SSSR count). The highest BCUT2D eigenvalue weighted by Gasteiger charge is 2.35. The Kier molecular flexibility index (Phi) is 6.80. The van der Waals surface area contributed by atoms with E-state index in [1.165, 1.54) is 6.33 Å². The summed E-state index contributed by atoms with van der Waals surface area (Å²) < 4.78 is 8.81. The first-order chi connectivity index (χ1) is 17.4. The molecule has 0 aliphatic carbocycles.